The summed E-state index contributed by atoms with van der Waals surface area (Å²) in [7, 11) is 0. The Morgan fingerprint density at radius 3 is 3.00 bits per heavy atom. The fraction of sp³-hybridized carbons (Fsp3) is 0.125. The zero-order valence-corrected chi connectivity index (χ0v) is 7.21. The molecule has 4 heteroatoms. The smallest absolute Gasteiger partial charge is 0.290 e. The topological polar surface area (TPSA) is 53.1 Å². The number of aromatic amines is 1. The molecule has 0 aromatic carbocycles. The lowest BCUT2D eigenvalue weighted by atomic mass is 10.2. The van der Waals surface area contributed by atoms with Crippen LogP contribution in [0.1, 0.15) is 5.56 Å². The van der Waals surface area contributed by atoms with E-state index in [2.05, 4.69) is 17.6 Å². The number of hydrogen-bond acceptors (Lipinski definition) is 3. The number of H-pyrrole nitrogens is 1. The van der Waals surface area contributed by atoms with Crippen molar-refractivity contribution in [3.05, 3.63) is 34.3 Å². The summed E-state index contributed by atoms with van der Waals surface area (Å²) in [5.41, 5.74) is 0.277. The highest BCUT2D eigenvalue weighted by atomic mass is 32.1. The standard InChI is InChI=1S/C8H9NO2S/c10-7-4-6(2-1-3-12)5-9-8(7)11/h1-2,4-5,10,12H,3H2,(H,9,11). The Morgan fingerprint density at radius 2 is 2.42 bits per heavy atom. The molecule has 0 spiro atoms. The lowest BCUT2D eigenvalue weighted by Crippen LogP contribution is -2.03. The molecule has 1 aromatic rings. The van der Waals surface area contributed by atoms with Gasteiger partial charge in [0.05, 0.1) is 0 Å². The SMILES string of the molecule is O=c1[nH]cc(C=CCS)cc1O. The molecule has 0 aliphatic carbocycles. The number of aromatic hydroxyl groups is 1. The van der Waals surface area contributed by atoms with Crippen LogP contribution in [-0.4, -0.2) is 15.8 Å². The van der Waals surface area contributed by atoms with Crippen LogP contribution in [0.4, 0.5) is 0 Å². The number of rotatable bonds is 2. The monoisotopic (exact) mass is 183 g/mol. The molecule has 0 aliphatic heterocycles. The van der Waals surface area contributed by atoms with E-state index >= 15 is 0 Å². The Morgan fingerprint density at radius 1 is 1.67 bits per heavy atom. The van der Waals surface area contributed by atoms with Crippen molar-refractivity contribution in [3.8, 4) is 5.75 Å². The highest BCUT2D eigenvalue weighted by molar-refractivity contribution is 7.80. The average molecular weight is 183 g/mol. The maximum atomic E-state index is 10.7. The van der Waals surface area contributed by atoms with Gasteiger partial charge < -0.3 is 10.1 Å². The van der Waals surface area contributed by atoms with Crippen LogP contribution < -0.4 is 5.56 Å². The van der Waals surface area contributed by atoms with Gasteiger partial charge in [-0.15, -0.1) is 0 Å². The van der Waals surface area contributed by atoms with Crippen molar-refractivity contribution in [2.45, 2.75) is 0 Å². The molecular formula is C8H9NO2S. The second-order valence-corrected chi connectivity index (χ2v) is 2.60. The molecule has 0 aliphatic rings. The molecular weight excluding hydrogens is 174 g/mol. The van der Waals surface area contributed by atoms with Gasteiger partial charge in [-0.05, 0) is 11.6 Å². The molecule has 3 nitrogen and oxygen atoms in total. The van der Waals surface area contributed by atoms with Crippen molar-refractivity contribution in [1.82, 2.24) is 4.98 Å². The van der Waals surface area contributed by atoms with E-state index in [1.165, 1.54) is 12.3 Å². The van der Waals surface area contributed by atoms with Gasteiger partial charge in [0.2, 0.25) is 0 Å². The summed E-state index contributed by atoms with van der Waals surface area (Å²) in [6, 6.07) is 1.40. The number of pyridine rings is 1. The van der Waals surface area contributed by atoms with E-state index in [1.807, 2.05) is 6.08 Å². The summed E-state index contributed by atoms with van der Waals surface area (Å²) < 4.78 is 0. The molecule has 0 fully saturated rings. The number of aromatic nitrogens is 1. The van der Waals surface area contributed by atoms with Crippen LogP contribution in [-0.2, 0) is 0 Å². The van der Waals surface area contributed by atoms with Gasteiger partial charge in [0, 0.05) is 11.9 Å². The van der Waals surface area contributed by atoms with Gasteiger partial charge in [-0.1, -0.05) is 12.2 Å². The molecule has 1 aromatic heterocycles. The van der Waals surface area contributed by atoms with E-state index in [0.29, 0.717) is 5.75 Å². The quantitative estimate of drug-likeness (QED) is 0.600. The third-order valence-corrected chi connectivity index (χ3v) is 1.53. The van der Waals surface area contributed by atoms with Crippen molar-refractivity contribution in [3.63, 3.8) is 0 Å². The second-order valence-electron chi connectivity index (χ2n) is 2.23. The van der Waals surface area contributed by atoms with Gasteiger partial charge in [0.25, 0.3) is 5.56 Å². The van der Waals surface area contributed by atoms with Gasteiger partial charge in [-0.3, -0.25) is 4.79 Å². The molecule has 64 valence electrons. The normalized spacial score (nSPS) is 10.8. The Balaban J connectivity index is 2.97. The fourth-order valence-electron chi connectivity index (χ4n) is 0.773. The third kappa shape index (κ3) is 2.17. The molecule has 0 atom stereocenters. The van der Waals surface area contributed by atoms with Crippen LogP contribution in [0.5, 0.6) is 5.75 Å². The number of thiol groups is 1. The van der Waals surface area contributed by atoms with E-state index in [-0.39, 0.29) is 5.75 Å². The Labute approximate surface area is 75.2 Å². The van der Waals surface area contributed by atoms with E-state index in [0.717, 1.165) is 5.56 Å². The molecule has 0 unspecified atom stereocenters. The summed E-state index contributed by atoms with van der Waals surface area (Å²) in [6.45, 7) is 0. The molecule has 2 N–H and O–H groups in total. The van der Waals surface area contributed by atoms with Crippen LogP contribution in [0, 0.1) is 0 Å². The first-order chi connectivity index (χ1) is 5.74. The molecule has 0 saturated carbocycles. The summed E-state index contributed by atoms with van der Waals surface area (Å²) >= 11 is 3.98. The Hall–Kier alpha value is -1.16. The third-order valence-electron chi connectivity index (χ3n) is 1.32. The number of nitrogens with one attached hydrogen (secondary N) is 1. The van der Waals surface area contributed by atoms with Crippen LogP contribution >= 0.6 is 12.6 Å². The Kier molecular flexibility index (Phi) is 2.99. The summed E-state index contributed by atoms with van der Waals surface area (Å²) in [6.07, 6.45) is 5.11. The van der Waals surface area contributed by atoms with Gasteiger partial charge in [0.15, 0.2) is 5.75 Å². The molecule has 0 amide bonds. The van der Waals surface area contributed by atoms with Crippen molar-refractivity contribution in [2.24, 2.45) is 0 Å². The van der Waals surface area contributed by atoms with Crippen molar-refractivity contribution in [1.29, 1.82) is 0 Å². The predicted octanol–water partition coefficient (Wildman–Crippen LogP) is 1.02. The molecule has 1 heterocycles. The molecule has 0 saturated heterocycles. The van der Waals surface area contributed by atoms with E-state index in [9.17, 15) is 4.79 Å². The van der Waals surface area contributed by atoms with Gasteiger partial charge in [-0.25, -0.2) is 0 Å². The summed E-state index contributed by atoms with van der Waals surface area (Å²) in [5, 5.41) is 9.00. The van der Waals surface area contributed by atoms with Crippen LogP contribution in [0.3, 0.4) is 0 Å². The van der Waals surface area contributed by atoms with Gasteiger partial charge in [0.1, 0.15) is 0 Å². The molecule has 0 radical (unpaired) electrons. The predicted molar refractivity (Wildman–Crippen MR) is 51.6 cm³/mol. The zero-order chi connectivity index (χ0) is 8.97. The first-order valence-corrected chi connectivity index (χ1v) is 4.06. The molecule has 0 bridgehead atoms. The highest BCUT2D eigenvalue weighted by Crippen LogP contribution is 2.05. The van der Waals surface area contributed by atoms with Gasteiger partial charge >= 0.3 is 0 Å². The largest absolute Gasteiger partial charge is 0.503 e. The minimum absolute atomic E-state index is 0.267. The fourth-order valence-corrected chi connectivity index (χ4v) is 0.878. The first kappa shape index (κ1) is 8.93. The highest BCUT2D eigenvalue weighted by Gasteiger charge is 1.94. The lowest BCUT2D eigenvalue weighted by Gasteiger charge is -1.93. The van der Waals surface area contributed by atoms with Crippen molar-refractivity contribution >= 4 is 18.7 Å². The average Bonchev–Trinajstić information content (AvgIpc) is 2.07. The van der Waals surface area contributed by atoms with Crippen LogP contribution in [0.25, 0.3) is 6.08 Å². The van der Waals surface area contributed by atoms with Crippen molar-refractivity contribution in [2.75, 3.05) is 5.75 Å². The summed E-state index contributed by atoms with van der Waals surface area (Å²) in [4.78, 5) is 13.1. The van der Waals surface area contributed by atoms with E-state index in [1.54, 1.807) is 6.08 Å². The van der Waals surface area contributed by atoms with E-state index in [4.69, 9.17) is 5.11 Å². The minimum atomic E-state index is -0.474. The zero-order valence-electron chi connectivity index (χ0n) is 6.32. The second kappa shape index (κ2) is 4.01. The lowest BCUT2D eigenvalue weighted by molar-refractivity contribution is 0.466. The minimum Gasteiger partial charge on any atom is -0.503 e. The van der Waals surface area contributed by atoms with Crippen LogP contribution in [0.15, 0.2) is 23.1 Å². The summed E-state index contributed by atoms with van der Waals surface area (Å²) in [5.74, 6) is 0.358. The molecule has 12 heavy (non-hydrogen) atoms. The molecule has 1 rings (SSSR count). The first-order valence-electron chi connectivity index (χ1n) is 3.43. The van der Waals surface area contributed by atoms with Gasteiger partial charge in [-0.2, -0.15) is 12.6 Å². The van der Waals surface area contributed by atoms with Crippen molar-refractivity contribution < 1.29 is 5.11 Å². The maximum Gasteiger partial charge on any atom is 0.290 e. The number of hydrogen-bond donors (Lipinski definition) is 3. The van der Waals surface area contributed by atoms with E-state index < -0.39 is 5.56 Å². The van der Waals surface area contributed by atoms with Crippen LogP contribution in [0.2, 0.25) is 0 Å². The maximum absolute atomic E-state index is 10.7. The Bertz CT molecular complexity index is 343.